The maximum Gasteiger partial charge on any atom is 0.338 e. The number of carboxylic acids is 1. The van der Waals surface area contributed by atoms with Gasteiger partial charge in [-0.05, 0) is 44.7 Å². The van der Waals surface area contributed by atoms with Crippen LogP contribution in [0.5, 0.6) is 5.75 Å². The molecule has 1 atom stereocenters. The second-order valence-electron chi connectivity index (χ2n) is 9.89. The van der Waals surface area contributed by atoms with Gasteiger partial charge < -0.3 is 14.4 Å². The van der Waals surface area contributed by atoms with E-state index in [-0.39, 0.29) is 5.92 Å². The van der Waals surface area contributed by atoms with Crippen LogP contribution in [-0.4, -0.2) is 52.8 Å². The average Bonchev–Trinajstić information content (AvgIpc) is 3.66. The Balaban J connectivity index is 1.46. The fraction of sp³-hybridized carbons (Fsp3) is 0.357. The van der Waals surface area contributed by atoms with E-state index in [2.05, 4.69) is 5.10 Å². The van der Waals surface area contributed by atoms with Gasteiger partial charge in [0.25, 0.3) is 0 Å². The molecule has 1 unspecified atom stereocenters. The number of aromatic nitrogens is 6. The summed E-state index contributed by atoms with van der Waals surface area (Å²) in [5.74, 6) is -1.06. The summed E-state index contributed by atoms with van der Waals surface area (Å²) in [6.45, 7) is 2.45. The highest BCUT2D eigenvalue weighted by Crippen LogP contribution is 2.43. The molecule has 10 heteroatoms. The van der Waals surface area contributed by atoms with E-state index in [0.29, 0.717) is 37.9 Å². The standard InChI is InChI=1S/C28H29FN6O3/c1-3-38-22-16-33(2)27-23(22)25(18-11-9-17(10-12-18)24(29)28(36)37)32-26-21(14-31-35(26)27)19-13-30-34(15-19)20-7-5-4-6-8-20/h4-8,13-18,24H,3,9-12H2,1-2H3,(H,36,37). The quantitative estimate of drug-likeness (QED) is 0.320. The Morgan fingerprint density at radius 1 is 1.13 bits per heavy atom. The smallest absolute Gasteiger partial charge is 0.338 e. The molecule has 1 saturated carbocycles. The van der Waals surface area contributed by atoms with Gasteiger partial charge in [-0.3, -0.25) is 0 Å². The van der Waals surface area contributed by atoms with Crippen LogP contribution >= 0.6 is 0 Å². The molecule has 1 fully saturated rings. The first-order valence-electron chi connectivity index (χ1n) is 12.9. The maximum absolute atomic E-state index is 14.2. The first-order valence-corrected chi connectivity index (χ1v) is 12.9. The van der Waals surface area contributed by atoms with Crippen molar-refractivity contribution in [3.63, 3.8) is 0 Å². The predicted octanol–water partition coefficient (Wildman–Crippen LogP) is 5.17. The van der Waals surface area contributed by atoms with Crippen molar-refractivity contribution in [2.45, 2.75) is 44.7 Å². The zero-order chi connectivity index (χ0) is 26.4. The minimum atomic E-state index is -1.83. The van der Waals surface area contributed by atoms with Crippen molar-refractivity contribution in [2.24, 2.45) is 13.0 Å². The second kappa shape index (κ2) is 9.59. The van der Waals surface area contributed by atoms with Gasteiger partial charge in [0.2, 0.25) is 0 Å². The van der Waals surface area contributed by atoms with Gasteiger partial charge in [0, 0.05) is 42.4 Å². The maximum atomic E-state index is 14.2. The molecule has 0 spiro atoms. The lowest BCUT2D eigenvalue weighted by atomic mass is 9.78. The van der Waals surface area contributed by atoms with Crippen LogP contribution < -0.4 is 4.74 Å². The minimum Gasteiger partial charge on any atom is -0.491 e. The third-order valence-electron chi connectivity index (χ3n) is 7.56. The van der Waals surface area contributed by atoms with Crippen LogP contribution in [-0.2, 0) is 11.8 Å². The van der Waals surface area contributed by atoms with E-state index < -0.39 is 18.1 Å². The lowest BCUT2D eigenvalue weighted by molar-refractivity contribution is -0.145. The van der Waals surface area contributed by atoms with Crippen molar-refractivity contribution in [1.82, 2.24) is 28.9 Å². The number of aliphatic carboxylic acids is 1. The van der Waals surface area contributed by atoms with E-state index in [4.69, 9.17) is 19.9 Å². The molecule has 1 aliphatic carbocycles. The fourth-order valence-corrected chi connectivity index (χ4v) is 5.69. The fourth-order valence-electron chi connectivity index (χ4n) is 5.69. The van der Waals surface area contributed by atoms with Crippen LogP contribution in [0, 0.1) is 5.92 Å². The summed E-state index contributed by atoms with van der Waals surface area (Å²) >= 11 is 0. The molecule has 6 rings (SSSR count). The van der Waals surface area contributed by atoms with E-state index >= 15 is 0 Å². The number of carbonyl (C=O) groups is 1. The van der Waals surface area contributed by atoms with Gasteiger partial charge in [-0.25, -0.2) is 18.9 Å². The molecule has 1 N–H and O–H groups in total. The summed E-state index contributed by atoms with van der Waals surface area (Å²) < 4.78 is 25.9. The molecule has 0 amide bonds. The van der Waals surface area contributed by atoms with Gasteiger partial charge >= 0.3 is 5.97 Å². The molecule has 196 valence electrons. The molecule has 1 aliphatic rings. The molecule has 4 aromatic heterocycles. The third-order valence-corrected chi connectivity index (χ3v) is 7.56. The number of aryl methyl sites for hydroxylation is 1. The van der Waals surface area contributed by atoms with Crippen molar-refractivity contribution in [3.05, 3.63) is 60.8 Å². The number of alkyl halides is 1. The number of fused-ring (bicyclic) bond motifs is 3. The number of para-hydroxylation sites is 1. The van der Waals surface area contributed by atoms with Crippen molar-refractivity contribution < 1.29 is 19.0 Å². The zero-order valence-electron chi connectivity index (χ0n) is 21.3. The van der Waals surface area contributed by atoms with Gasteiger partial charge in [-0.1, -0.05) is 18.2 Å². The SMILES string of the molecule is CCOc1cn(C)c2c1c(C1CCC(C(F)C(=O)O)CC1)nc1c(-c3cnn(-c4ccccc4)c3)cnn12. The van der Waals surface area contributed by atoms with Crippen molar-refractivity contribution in [2.75, 3.05) is 6.61 Å². The summed E-state index contributed by atoms with van der Waals surface area (Å²) in [5, 5.41) is 19.3. The number of rotatable bonds is 7. The van der Waals surface area contributed by atoms with Crippen LogP contribution in [0.4, 0.5) is 4.39 Å². The van der Waals surface area contributed by atoms with Gasteiger partial charge in [0.15, 0.2) is 11.8 Å². The Kier molecular flexibility index (Phi) is 6.09. The molecular weight excluding hydrogens is 487 g/mol. The Labute approximate surface area is 218 Å². The largest absolute Gasteiger partial charge is 0.491 e. The molecule has 5 aromatic rings. The second-order valence-corrected chi connectivity index (χ2v) is 9.89. The molecule has 4 heterocycles. The first-order chi connectivity index (χ1) is 18.5. The first kappa shape index (κ1) is 24.1. The Morgan fingerprint density at radius 3 is 2.61 bits per heavy atom. The molecule has 0 saturated heterocycles. The molecule has 9 nitrogen and oxygen atoms in total. The van der Waals surface area contributed by atoms with Crippen LogP contribution in [0.15, 0.2) is 55.1 Å². The number of benzene rings is 1. The Bertz CT molecular complexity index is 1610. The topological polar surface area (TPSA) is 99.5 Å². The number of hydrogen-bond acceptors (Lipinski definition) is 5. The minimum absolute atomic E-state index is 0.0520. The summed E-state index contributed by atoms with van der Waals surface area (Å²) in [6.07, 6.45) is 8.02. The third kappa shape index (κ3) is 4.00. The number of nitrogens with zero attached hydrogens (tertiary/aromatic N) is 6. The zero-order valence-corrected chi connectivity index (χ0v) is 21.3. The molecule has 1 aromatic carbocycles. The number of ether oxygens (including phenoxy) is 1. The highest BCUT2D eigenvalue weighted by atomic mass is 19.1. The number of hydrogen-bond donors (Lipinski definition) is 1. The summed E-state index contributed by atoms with van der Waals surface area (Å²) in [7, 11) is 1.96. The van der Waals surface area contributed by atoms with Gasteiger partial charge in [-0.15, -0.1) is 0 Å². The van der Waals surface area contributed by atoms with Gasteiger partial charge in [0.1, 0.15) is 11.4 Å². The van der Waals surface area contributed by atoms with Gasteiger partial charge in [0.05, 0.1) is 35.8 Å². The molecular formula is C28H29FN6O3. The van der Waals surface area contributed by atoms with Crippen molar-refractivity contribution in [1.29, 1.82) is 0 Å². The lowest BCUT2D eigenvalue weighted by Crippen LogP contribution is -2.28. The molecule has 38 heavy (non-hydrogen) atoms. The predicted molar refractivity (Wildman–Crippen MR) is 140 cm³/mol. The summed E-state index contributed by atoms with van der Waals surface area (Å²) in [5.41, 5.74) is 5.17. The molecule has 0 aliphatic heterocycles. The summed E-state index contributed by atoms with van der Waals surface area (Å²) in [6, 6.07) is 9.90. The van der Waals surface area contributed by atoms with E-state index in [0.717, 1.165) is 39.3 Å². The van der Waals surface area contributed by atoms with E-state index in [1.807, 2.05) is 82.9 Å². The number of carboxylic acid groups (broad SMARTS) is 1. The Morgan fingerprint density at radius 2 is 1.89 bits per heavy atom. The normalized spacial score (nSPS) is 18.7. The van der Waals surface area contributed by atoms with Crippen molar-refractivity contribution in [3.8, 4) is 22.6 Å². The number of halogens is 1. The van der Waals surface area contributed by atoms with E-state index in [1.165, 1.54) is 0 Å². The molecule has 0 radical (unpaired) electrons. The molecule has 0 bridgehead atoms. The van der Waals surface area contributed by atoms with Crippen LogP contribution in [0.3, 0.4) is 0 Å². The van der Waals surface area contributed by atoms with Crippen LogP contribution in [0.1, 0.15) is 44.2 Å². The average molecular weight is 517 g/mol. The van der Waals surface area contributed by atoms with Crippen molar-refractivity contribution >= 4 is 22.6 Å². The highest BCUT2D eigenvalue weighted by Gasteiger charge is 2.34. The monoisotopic (exact) mass is 516 g/mol. The Hall–Kier alpha value is -4.21. The van der Waals surface area contributed by atoms with E-state index in [1.54, 1.807) is 0 Å². The lowest BCUT2D eigenvalue weighted by Gasteiger charge is -2.29. The van der Waals surface area contributed by atoms with Crippen LogP contribution in [0.25, 0.3) is 33.5 Å². The van der Waals surface area contributed by atoms with Crippen LogP contribution in [0.2, 0.25) is 0 Å². The van der Waals surface area contributed by atoms with E-state index in [9.17, 15) is 9.18 Å². The summed E-state index contributed by atoms with van der Waals surface area (Å²) in [4.78, 5) is 16.4. The highest BCUT2D eigenvalue weighted by molar-refractivity contribution is 5.91. The van der Waals surface area contributed by atoms with Gasteiger partial charge in [-0.2, -0.15) is 14.7 Å².